The Morgan fingerprint density at radius 1 is 1.04 bits per heavy atom. The van der Waals surface area contributed by atoms with Crippen molar-refractivity contribution in [3.63, 3.8) is 0 Å². The molecule has 0 saturated heterocycles. The van der Waals surface area contributed by atoms with Crippen LogP contribution in [0.3, 0.4) is 0 Å². The Balaban J connectivity index is 2.05. The topological polar surface area (TPSA) is 71.1 Å². The first-order valence-corrected chi connectivity index (χ1v) is 8.40. The largest absolute Gasteiger partial charge is 0.351 e. The molecular formula is C20H25N3O2. The second-order valence-electron chi connectivity index (χ2n) is 6.86. The van der Waals surface area contributed by atoms with Crippen molar-refractivity contribution in [1.82, 2.24) is 10.3 Å². The van der Waals surface area contributed by atoms with E-state index < -0.39 is 5.41 Å². The number of anilines is 1. The van der Waals surface area contributed by atoms with E-state index in [1.807, 2.05) is 36.4 Å². The first kappa shape index (κ1) is 18.6. The average Bonchev–Trinajstić information content (AvgIpc) is 2.60. The van der Waals surface area contributed by atoms with Crippen LogP contribution in [-0.4, -0.2) is 16.8 Å². The summed E-state index contributed by atoms with van der Waals surface area (Å²) < 4.78 is 0. The Kier molecular flexibility index (Phi) is 5.91. The van der Waals surface area contributed by atoms with Gasteiger partial charge in [0.1, 0.15) is 5.41 Å². The molecule has 0 aliphatic rings. The van der Waals surface area contributed by atoms with Crippen LogP contribution >= 0.6 is 0 Å². The highest BCUT2D eigenvalue weighted by atomic mass is 16.2. The molecule has 1 aromatic carbocycles. The third-order valence-electron chi connectivity index (χ3n) is 4.17. The number of nitrogens with zero attached hydrogens (tertiary/aromatic N) is 1. The van der Waals surface area contributed by atoms with Crippen molar-refractivity contribution >= 4 is 17.5 Å². The molecule has 2 rings (SSSR count). The Bertz CT molecular complexity index is 740. The molecule has 1 aromatic heterocycles. The molecular weight excluding hydrogens is 314 g/mol. The molecule has 132 valence electrons. The SMILES string of the molecule is CC(C)c1ccccc1NC(=O)C(C)(C)C(=O)NCc1ccncc1. The van der Waals surface area contributed by atoms with Crippen molar-refractivity contribution in [2.24, 2.45) is 5.41 Å². The van der Waals surface area contributed by atoms with Gasteiger partial charge in [-0.25, -0.2) is 0 Å². The zero-order chi connectivity index (χ0) is 18.4. The molecule has 0 aliphatic carbocycles. The van der Waals surface area contributed by atoms with Crippen LogP contribution in [0, 0.1) is 5.41 Å². The minimum Gasteiger partial charge on any atom is -0.351 e. The van der Waals surface area contributed by atoms with Crippen LogP contribution in [0.4, 0.5) is 5.69 Å². The molecule has 2 N–H and O–H groups in total. The molecule has 0 radical (unpaired) electrons. The first-order chi connectivity index (χ1) is 11.8. The third kappa shape index (κ3) is 4.66. The maximum Gasteiger partial charge on any atom is 0.239 e. The quantitative estimate of drug-likeness (QED) is 0.792. The molecule has 5 nitrogen and oxygen atoms in total. The molecule has 1 heterocycles. The van der Waals surface area contributed by atoms with Crippen LogP contribution in [0.1, 0.15) is 44.7 Å². The van der Waals surface area contributed by atoms with Gasteiger partial charge < -0.3 is 10.6 Å². The number of hydrogen-bond donors (Lipinski definition) is 2. The number of pyridine rings is 1. The van der Waals surface area contributed by atoms with Crippen LogP contribution in [-0.2, 0) is 16.1 Å². The predicted octanol–water partition coefficient (Wildman–Crippen LogP) is 3.49. The molecule has 0 aliphatic heterocycles. The molecule has 0 atom stereocenters. The van der Waals surface area contributed by atoms with E-state index in [-0.39, 0.29) is 17.7 Å². The van der Waals surface area contributed by atoms with Gasteiger partial charge in [-0.3, -0.25) is 14.6 Å². The van der Waals surface area contributed by atoms with Gasteiger partial charge in [-0.2, -0.15) is 0 Å². The van der Waals surface area contributed by atoms with E-state index >= 15 is 0 Å². The number of para-hydroxylation sites is 1. The number of carbonyl (C=O) groups is 2. The van der Waals surface area contributed by atoms with Crippen LogP contribution in [0.2, 0.25) is 0 Å². The van der Waals surface area contributed by atoms with Gasteiger partial charge in [-0.05, 0) is 49.1 Å². The van der Waals surface area contributed by atoms with E-state index in [1.54, 1.807) is 26.2 Å². The zero-order valence-electron chi connectivity index (χ0n) is 15.2. The summed E-state index contributed by atoms with van der Waals surface area (Å²) in [5.74, 6) is -0.364. The third-order valence-corrected chi connectivity index (χ3v) is 4.17. The van der Waals surface area contributed by atoms with Crippen molar-refractivity contribution in [2.45, 2.75) is 40.2 Å². The lowest BCUT2D eigenvalue weighted by atomic mass is 9.90. The molecule has 5 heteroatoms. The highest BCUT2D eigenvalue weighted by Crippen LogP contribution is 2.26. The Hall–Kier alpha value is -2.69. The lowest BCUT2D eigenvalue weighted by molar-refractivity contribution is -0.138. The van der Waals surface area contributed by atoms with E-state index in [1.165, 1.54) is 0 Å². The van der Waals surface area contributed by atoms with E-state index in [0.29, 0.717) is 6.54 Å². The second-order valence-corrected chi connectivity index (χ2v) is 6.86. The maximum absolute atomic E-state index is 12.7. The van der Waals surface area contributed by atoms with Gasteiger partial charge in [0.2, 0.25) is 11.8 Å². The van der Waals surface area contributed by atoms with Gasteiger partial charge >= 0.3 is 0 Å². The number of rotatable bonds is 6. The summed E-state index contributed by atoms with van der Waals surface area (Å²) in [6.45, 7) is 7.75. The van der Waals surface area contributed by atoms with Gasteiger partial charge in [0.25, 0.3) is 0 Å². The highest BCUT2D eigenvalue weighted by Gasteiger charge is 2.36. The Morgan fingerprint density at radius 3 is 2.32 bits per heavy atom. The fourth-order valence-corrected chi connectivity index (χ4v) is 2.40. The zero-order valence-corrected chi connectivity index (χ0v) is 15.2. The summed E-state index contributed by atoms with van der Waals surface area (Å²) in [6.07, 6.45) is 3.34. The Labute approximate surface area is 148 Å². The molecule has 2 aromatic rings. The van der Waals surface area contributed by atoms with Crippen LogP contribution in [0.25, 0.3) is 0 Å². The van der Waals surface area contributed by atoms with Crippen LogP contribution < -0.4 is 10.6 Å². The van der Waals surface area contributed by atoms with Gasteiger partial charge in [-0.15, -0.1) is 0 Å². The van der Waals surface area contributed by atoms with Crippen LogP contribution in [0.15, 0.2) is 48.8 Å². The minimum absolute atomic E-state index is 0.278. The summed E-state index contributed by atoms with van der Waals surface area (Å²) in [5, 5.41) is 5.72. The summed E-state index contributed by atoms with van der Waals surface area (Å²) in [6, 6.07) is 11.3. The normalized spacial score (nSPS) is 11.2. The van der Waals surface area contributed by atoms with E-state index in [4.69, 9.17) is 0 Å². The van der Waals surface area contributed by atoms with Crippen molar-refractivity contribution < 1.29 is 9.59 Å². The molecule has 0 unspecified atom stereocenters. The summed E-state index contributed by atoms with van der Waals surface area (Å²) in [5.41, 5.74) is 1.54. The van der Waals surface area contributed by atoms with E-state index in [0.717, 1.165) is 16.8 Å². The Morgan fingerprint density at radius 2 is 1.68 bits per heavy atom. The standard InChI is InChI=1S/C20H25N3O2/c1-14(2)16-7-5-6-8-17(16)23-19(25)20(3,4)18(24)22-13-15-9-11-21-12-10-15/h5-12,14H,13H2,1-4H3,(H,22,24)(H,23,25). The lowest BCUT2D eigenvalue weighted by Gasteiger charge is -2.24. The number of nitrogens with one attached hydrogen (secondary N) is 2. The number of hydrogen-bond acceptors (Lipinski definition) is 3. The first-order valence-electron chi connectivity index (χ1n) is 8.40. The molecule has 0 saturated carbocycles. The van der Waals surface area contributed by atoms with Crippen LogP contribution in [0.5, 0.6) is 0 Å². The highest BCUT2D eigenvalue weighted by molar-refractivity contribution is 6.10. The fourth-order valence-electron chi connectivity index (χ4n) is 2.40. The summed E-state index contributed by atoms with van der Waals surface area (Å²) in [7, 11) is 0. The summed E-state index contributed by atoms with van der Waals surface area (Å²) in [4.78, 5) is 29.1. The number of amides is 2. The van der Waals surface area contributed by atoms with Crippen molar-refractivity contribution in [1.29, 1.82) is 0 Å². The van der Waals surface area contributed by atoms with Gasteiger partial charge in [0.05, 0.1) is 0 Å². The smallest absolute Gasteiger partial charge is 0.239 e. The number of aromatic nitrogens is 1. The predicted molar refractivity (Wildman–Crippen MR) is 99.0 cm³/mol. The minimum atomic E-state index is -1.18. The average molecular weight is 339 g/mol. The molecule has 0 bridgehead atoms. The van der Waals surface area contributed by atoms with E-state index in [9.17, 15) is 9.59 Å². The monoisotopic (exact) mass is 339 g/mol. The molecule has 2 amide bonds. The van der Waals surface area contributed by atoms with Gasteiger partial charge in [0, 0.05) is 24.6 Å². The molecule has 25 heavy (non-hydrogen) atoms. The molecule has 0 fully saturated rings. The van der Waals surface area contributed by atoms with Crippen molar-refractivity contribution in [3.05, 3.63) is 59.9 Å². The summed E-state index contributed by atoms with van der Waals surface area (Å²) >= 11 is 0. The van der Waals surface area contributed by atoms with Crippen molar-refractivity contribution in [2.75, 3.05) is 5.32 Å². The van der Waals surface area contributed by atoms with Gasteiger partial charge in [0.15, 0.2) is 0 Å². The second kappa shape index (κ2) is 7.92. The van der Waals surface area contributed by atoms with Gasteiger partial charge in [-0.1, -0.05) is 32.0 Å². The fraction of sp³-hybridized carbons (Fsp3) is 0.350. The number of benzene rings is 1. The molecule has 0 spiro atoms. The van der Waals surface area contributed by atoms with E-state index in [2.05, 4.69) is 29.5 Å². The van der Waals surface area contributed by atoms with Crippen molar-refractivity contribution in [3.8, 4) is 0 Å². The lowest BCUT2D eigenvalue weighted by Crippen LogP contribution is -2.45. The number of carbonyl (C=O) groups excluding carboxylic acids is 2. The maximum atomic E-state index is 12.7.